The molecule has 4 heterocycles. The lowest BCUT2D eigenvalue weighted by molar-refractivity contribution is 0.131. The molecule has 2 fully saturated rings. The SMILES string of the molecule is CSc1nnc2ccc(N3CCN([C@H]4CC[C@@H](n5cc(Cl)c6c(F)cccc65)CC4)CC3)nn12. The molecule has 1 aliphatic heterocycles. The normalized spacial score (nSPS) is 22.1. The van der Waals surface area contributed by atoms with Crippen LogP contribution in [-0.2, 0) is 0 Å². The molecule has 1 aliphatic carbocycles. The zero-order valence-electron chi connectivity index (χ0n) is 19.1. The molecular weight excluding hydrogens is 473 g/mol. The number of thioether (sulfide) groups is 1. The first kappa shape index (κ1) is 22.1. The van der Waals surface area contributed by atoms with E-state index in [9.17, 15) is 4.39 Å². The lowest BCUT2D eigenvalue weighted by Crippen LogP contribution is -2.51. The van der Waals surface area contributed by atoms with E-state index < -0.39 is 0 Å². The fourth-order valence-electron chi connectivity index (χ4n) is 5.60. The number of piperazine rings is 1. The molecule has 3 aromatic heterocycles. The van der Waals surface area contributed by atoms with Crippen LogP contribution in [0.1, 0.15) is 31.7 Å². The summed E-state index contributed by atoms with van der Waals surface area (Å²) in [4.78, 5) is 4.99. The van der Waals surface area contributed by atoms with Gasteiger partial charge in [-0.1, -0.05) is 29.4 Å². The molecule has 34 heavy (non-hydrogen) atoms. The van der Waals surface area contributed by atoms with Crippen LogP contribution in [0.25, 0.3) is 16.6 Å². The Morgan fingerprint density at radius 2 is 1.74 bits per heavy atom. The Hall–Kier alpha value is -2.36. The van der Waals surface area contributed by atoms with Gasteiger partial charge in [-0.25, -0.2) is 4.39 Å². The largest absolute Gasteiger partial charge is 0.353 e. The van der Waals surface area contributed by atoms with E-state index in [1.165, 1.54) is 6.07 Å². The topological polar surface area (TPSA) is 54.5 Å². The quantitative estimate of drug-likeness (QED) is 0.372. The van der Waals surface area contributed by atoms with Crippen molar-refractivity contribution in [3.8, 4) is 0 Å². The molecule has 0 unspecified atom stereocenters. The van der Waals surface area contributed by atoms with Crippen molar-refractivity contribution in [3.05, 3.63) is 47.4 Å². The van der Waals surface area contributed by atoms with E-state index >= 15 is 0 Å². The Kier molecular flexibility index (Phi) is 5.87. The van der Waals surface area contributed by atoms with Crippen LogP contribution in [0.2, 0.25) is 5.02 Å². The molecule has 0 amide bonds. The average molecular weight is 500 g/mol. The van der Waals surface area contributed by atoms with Gasteiger partial charge >= 0.3 is 0 Å². The van der Waals surface area contributed by atoms with Crippen molar-refractivity contribution >= 4 is 45.7 Å². The highest BCUT2D eigenvalue weighted by molar-refractivity contribution is 7.98. The predicted octanol–water partition coefficient (Wildman–Crippen LogP) is 4.90. The molecule has 0 bridgehead atoms. The third-order valence-corrected chi connectivity index (χ3v) is 8.28. The van der Waals surface area contributed by atoms with Gasteiger partial charge in [0.15, 0.2) is 5.65 Å². The lowest BCUT2D eigenvalue weighted by Gasteiger charge is -2.42. The van der Waals surface area contributed by atoms with Crippen molar-refractivity contribution in [1.29, 1.82) is 0 Å². The molecular formula is C24H27ClFN7S. The van der Waals surface area contributed by atoms with E-state index in [2.05, 4.69) is 24.6 Å². The van der Waals surface area contributed by atoms with Crippen LogP contribution in [0.4, 0.5) is 10.2 Å². The molecule has 0 radical (unpaired) electrons. The molecule has 10 heteroatoms. The fraction of sp³-hybridized carbons (Fsp3) is 0.458. The molecule has 7 nitrogen and oxygen atoms in total. The van der Waals surface area contributed by atoms with Crippen LogP contribution in [-0.4, -0.2) is 67.8 Å². The number of benzene rings is 1. The minimum Gasteiger partial charge on any atom is -0.353 e. The first-order valence-electron chi connectivity index (χ1n) is 11.8. The monoisotopic (exact) mass is 499 g/mol. The third-order valence-electron chi connectivity index (χ3n) is 7.38. The highest BCUT2D eigenvalue weighted by Gasteiger charge is 2.30. The minimum atomic E-state index is -0.240. The molecule has 178 valence electrons. The number of rotatable bonds is 4. The predicted molar refractivity (Wildman–Crippen MR) is 135 cm³/mol. The maximum absolute atomic E-state index is 14.3. The summed E-state index contributed by atoms with van der Waals surface area (Å²) in [5.74, 6) is 0.741. The van der Waals surface area contributed by atoms with Crippen molar-refractivity contribution in [3.63, 3.8) is 0 Å². The van der Waals surface area contributed by atoms with Crippen molar-refractivity contribution < 1.29 is 4.39 Å². The molecule has 0 spiro atoms. The van der Waals surface area contributed by atoms with Crippen LogP contribution in [0, 0.1) is 5.82 Å². The van der Waals surface area contributed by atoms with Gasteiger partial charge < -0.3 is 9.47 Å². The Morgan fingerprint density at radius 3 is 2.50 bits per heavy atom. The summed E-state index contributed by atoms with van der Waals surface area (Å²) >= 11 is 7.92. The van der Waals surface area contributed by atoms with Gasteiger partial charge in [-0.05, 0) is 56.2 Å². The number of aromatic nitrogens is 5. The molecule has 6 rings (SSSR count). The lowest BCUT2D eigenvalue weighted by atomic mass is 9.89. The molecule has 0 atom stereocenters. The van der Waals surface area contributed by atoms with E-state index in [4.69, 9.17) is 16.7 Å². The van der Waals surface area contributed by atoms with Gasteiger partial charge in [0.1, 0.15) is 11.6 Å². The second kappa shape index (κ2) is 9.02. The first-order chi connectivity index (χ1) is 16.6. The first-order valence-corrected chi connectivity index (χ1v) is 13.4. The van der Waals surface area contributed by atoms with Gasteiger partial charge in [0.05, 0.1) is 15.9 Å². The van der Waals surface area contributed by atoms with Gasteiger partial charge in [0, 0.05) is 44.5 Å². The van der Waals surface area contributed by atoms with E-state index in [1.54, 1.807) is 17.8 Å². The van der Waals surface area contributed by atoms with Crippen molar-refractivity contribution in [2.75, 3.05) is 37.3 Å². The summed E-state index contributed by atoms with van der Waals surface area (Å²) in [6, 6.07) is 10.2. The van der Waals surface area contributed by atoms with E-state index in [-0.39, 0.29) is 5.82 Å². The van der Waals surface area contributed by atoms with Crippen molar-refractivity contribution in [2.45, 2.75) is 42.9 Å². The van der Waals surface area contributed by atoms with Crippen LogP contribution in [0.15, 0.2) is 41.7 Å². The van der Waals surface area contributed by atoms with Crippen LogP contribution in [0.5, 0.6) is 0 Å². The highest BCUT2D eigenvalue weighted by Crippen LogP contribution is 2.37. The highest BCUT2D eigenvalue weighted by atomic mass is 35.5. The summed E-state index contributed by atoms with van der Waals surface area (Å²) in [5, 5.41) is 15.0. The van der Waals surface area contributed by atoms with Crippen LogP contribution < -0.4 is 4.90 Å². The van der Waals surface area contributed by atoms with E-state index in [0.29, 0.717) is 22.5 Å². The number of fused-ring (bicyclic) bond motifs is 2. The number of halogens is 2. The summed E-state index contributed by atoms with van der Waals surface area (Å²) in [7, 11) is 0. The Morgan fingerprint density at radius 1 is 0.971 bits per heavy atom. The van der Waals surface area contributed by atoms with Gasteiger partial charge in [-0.3, -0.25) is 4.90 Å². The van der Waals surface area contributed by atoms with Crippen molar-refractivity contribution in [2.24, 2.45) is 0 Å². The second-order valence-corrected chi connectivity index (χ2v) is 10.3. The standard InChI is InChI=1S/C24H27ClFN7S/c1-34-24-28-27-21-9-10-22(29-33(21)24)31-13-11-30(12-14-31)16-5-7-17(8-6-16)32-15-18(25)23-19(26)3-2-4-20(23)32/h2-4,9-10,15-17H,5-8,11-14H2,1H3/t16-,17+. The minimum absolute atomic E-state index is 0.240. The number of nitrogens with zero attached hydrogens (tertiary/aromatic N) is 7. The summed E-state index contributed by atoms with van der Waals surface area (Å²) < 4.78 is 18.3. The summed E-state index contributed by atoms with van der Waals surface area (Å²) in [6.45, 7) is 4.00. The fourth-order valence-corrected chi connectivity index (χ4v) is 6.32. The zero-order chi connectivity index (χ0) is 23.2. The molecule has 0 N–H and O–H groups in total. The Labute approximate surface area is 206 Å². The van der Waals surface area contributed by atoms with Crippen LogP contribution >= 0.6 is 23.4 Å². The third kappa shape index (κ3) is 3.83. The average Bonchev–Trinajstić information content (AvgIpc) is 3.45. The smallest absolute Gasteiger partial charge is 0.212 e. The Balaban J connectivity index is 1.09. The maximum atomic E-state index is 14.3. The van der Waals surface area contributed by atoms with Crippen molar-refractivity contribution in [1.82, 2.24) is 29.3 Å². The number of hydrogen-bond acceptors (Lipinski definition) is 6. The van der Waals surface area contributed by atoms with Crippen LogP contribution in [0.3, 0.4) is 0 Å². The van der Waals surface area contributed by atoms with E-state index in [0.717, 1.165) is 74.0 Å². The molecule has 1 saturated heterocycles. The van der Waals surface area contributed by atoms with Gasteiger partial charge in [-0.2, -0.15) is 4.52 Å². The van der Waals surface area contributed by atoms with Gasteiger partial charge in [0.25, 0.3) is 0 Å². The second-order valence-electron chi connectivity index (χ2n) is 9.15. The number of anilines is 1. The Bertz CT molecular complexity index is 1320. The zero-order valence-corrected chi connectivity index (χ0v) is 20.6. The maximum Gasteiger partial charge on any atom is 0.212 e. The summed E-state index contributed by atoms with van der Waals surface area (Å²) in [5.41, 5.74) is 1.69. The molecule has 1 aromatic carbocycles. The van der Waals surface area contributed by atoms with Gasteiger partial charge in [0.2, 0.25) is 5.16 Å². The molecule has 2 aliphatic rings. The summed E-state index contributed by atoms with van der Waals surface area (Å²) in [6.07, 6.45) is 8.39. The molecule has 1 saturated carbocycles. The van der Waals surface area contributed by atoms with Gasteiger partial charge in [-0.15, -0.1) is 15.3 Å². The number of hydrogen-bond donors (Lipinski definition) is 0. The molecule has 4 aromatic rings. The van der Waals surface area contributed by atoms with E-state index in [1.807, 2.05) is 35.2 Å².